The summed E-state index contributed by atoms with van der Waals surface area (Å²) in [5.74, 6) is -2.12. The van der Waals surface area contributed by atoms with E-state index < -0.39 is 42.6 Å². The molecule has 1 saturated heterocycles. The molecule has 1 aliphatic rings. The zero-order valence-electron chi connectivity index (χ0n) is 24.0. The van der Waals surface area contributed by atoms with Gasteiger partial charge in [0.05, 0.1) is 29.7 Å². The Morgan fingerprint density at radius 1 is 1.09 bits per heavy atom. The predicted octanol–water partition coefficient (Wildman–Crippen LogP) is 6.18. The Labute approximate surface area is 250 Å². The highest BCUT2D eigenvalue weighted by molar-refractivity contribution is 6.11. The van der Waals surface area contributed by atoms with Crippen LogP contribution in [0.2, 0.25) is 0 Å². The van der Waals surface area contributed by atoms with Crippen LogP contribution in [0.4, 0.5) is 17.6 Å². The standard InChI is InChI=1S/C32H29F4N3O5/c1-37-28(40)26-24-16-23(19-5-3-6-20(15-19)30(41)39-14-4-7-21(17-39)31(42)43-2)25(12-13-32(34,35)36)38-29(24)44-27(26)18-8-10-22(33)11-9-18/h3,5-6,8-11,15-16,21H,4,7,12-14,17H2,1-2H3,(H,37,40). The van der Waals surface area contributed by atoms with Crippen LogP contribution in [0.3, 0.4) is 0 Å². The van der Waals surface area contributed by atoms with Crippen molar-refractivity contribution in [1.29, 1.82) is 0 Å². The summed E-state index contributed by atoms with van der Waals surface area (Å²) in [4.78, 5) is 44.6. The second-order valence-corrected chi connectivity index (χ2v) is 10.5. The second kappa shape index (κ2) is 12.5. The van der Waals surface area contributed by atoms with Crippen LogP contribution in [0.15, 0.2) is 59.0 Å². The number of ether oxygens (including phenoxy) is 1. The first kappa shape index (κ1) is 30.7. The highest BCUT2D eigenvalue weighted by atomic mass is 19.4. The molecule has 8 nitrogen and oxygen atoms in total. The molecule has 12 heteroatoms. The van der Waals surface area contributed by atoms with Gasteiger partial charge in [0.25, 0.3) is 11.8 Å². The Hall–Kier alpha value is -4.74. The predicted molar refractivity (Wildman–Crippen MR) is 153 cm³/mol. The van der Waals surface area contributed by atoms with Crippen molar-refractivity contribution in [2.24, 2.45) is 5.92 Å². The molecule has 5 rings (SSSR count). The first-order valence-corrected chi connectivity index (χ1v) is 14.0. The fourth-order valence-electron chi connectivity index (χ4n) is 5.44. The van der Waals surface area contributed by atoms with E-state index in [9.17, 15) is 31.9 Å². The van der Waals surface area contributed by atoms with Crippen LogP contribution in [0, 0.1) is 11.7 Å². The smallest absolute Gasteiger partial charge is 0.389 e. The third-order valence-electron chi connectivity index (χ3n) is 7.63. The van der Waals surface area contributed by atoms with E-state index in [1.165, 1.54) is 44.5 Å². The summed E-state index contributed by atoms with van der Waals surface area (Å²) in [5, 5.41) is 2.78. The number of aryl methyl sites for hydroxylation is 1. The highest BCUT2D eigenvalue weighted by Crippen LogP contribution is 2.38. The monoisotopic (exact) mass is 611 g/mol. The number of nitrogens with one attached hydrogen (secondary N) is 1. The number of pyridine rings is 1. The summed E-state index contributed by atoms with van der Waals surface area (Å²) < 4.78 is 64.4. The maximum atomic E-state index is 13.6. The molecule has 1 aliphatic heterocycles. The number of rotatable bonds is 7. The number of fused-ring (bicyclic) bond motifs is 1. The van der Waals surface area contributed by atoms with Gasteiger partial charge in [0, 0.05) is 43.2 Å². The van der Waals surface area contributed by atoms with Crippen molar-refractivity contribution in [3.8, 4) is 22.5 Å². The second-order valence-electron chi connectivity index (χ2n) is 10.5. The molecule has 4 aromatic rings. The van der Waals surface area contributed by atoms with Gasteiger partial charge in [-0.1, -0.05) is 12.1 Å². The lowest BCUT2D eigenvalue weighted by molar-refractivity contribution is -0.146. The summed E-state index contributed by atoms with van der Waals surface area (Å²) in [6.45, 7) is 0.633. The van der Waals surface area contributed by atoms with Gasteiger partial charge in [-0.15, -0.1) is 0 Å². The van der Waals surface area contributed by atoms with Crippen molar-refractivity contribution in [2.45, 2.75) is 31.9 Å². The molecule has 1 unspecified atom stereocenters. The number of amides is 2. The minimum Gasteiger partial charge on any atom is -0.469 e. The average molecular weight is 612 g/mol. The molecule has 0 aliphatic carbocycles. The number of carbonyl (C=O) groups is 3. The number of benzene rings is 2. The van der Waals surface area contributed by atoms with E-state index in [0.29, 0.717) is 36.1 Å². The molecule has 44 heavy (non-hydrogen) atoms. The number of alkyl halides is 3. The van der Waals surface area contributed by atoms with Gasteiger partial charge < -0.3 is 19.4 Å². The van der Waals surface area contributed by atoms with Crippen LogP contribution in [0.1, 0.15) is 45.7 Å². The van der Waals surface area contributed by atoms with E-state index in [2.05, 4.69) is 10.3 Å². The minimum absolute atomic E-state index is 0.0572. The summed E-state index contributed by atoms with van der Waals surface area (Å²) >= 11 is 0. The number of likely N-dealkylation sites (tertiary alicyclic amines) is 1. The maximum Gasteiger partial charge on any atom is 0.389 e. The highest BCUT2D eigenvalue weighted by Gasteiger charge is 2.31. The topological polar surface area (TPSA) is 102 Å². The average Bonchev–Trinajstić information content (AvgIpc) is 3.40. The molecule has 230 valence electrons. The van der Waals surface area contributed by atoms with E-state index in [-0.39, 0.29) is 46.1 Å². The third-order valence-corrected chi connectivity index (χ3v) is 7.63. The van der Waals surface area contributed by atoms with Crippen LogP contribution in [-0.2, 0) is 16.0 Å². The molecule has 0 bridgehead atoms. The lowest BCUT2D eigenvalue weighted by Crippen LogP contribution is -2.42. The van der Waals surface area contributed by atoms with Gasteiger partial charge in [-0.05, 0) is 67.3 Å². The van der Waals surface area contributed by atoms with Gasteiger partial charge in [0.1, 0.15) is 11.6 Å². The molecular formula is C32H29F4N3O5. The zero-order valence-corrected chi connectivity index (χ0v) is 24.0. The van der Waals surface area contributed by atoms with Crippen LogP contribution in [-0.4, -0.2) is 61.1 Å². The Morgan fingerprint density at radius 2 is 1.84 bits per heavy atom. The summed E-state index contributed by atoms with van der Waals surface area (Å²) in [5.41, 5.74) is 1.45. The van der Waals surface area contributed by atoms with Gasteiger partial charge in [0.2, 0.25) is 5.71 Å². The van der Waals surface area contributed by atoms with E-state index in [4.69, 9.17) is 9.15 Å². The van der Waals surface area contributed by atoms with Crippen molar-refractivity contribution >= 4 is 28.9 Å². The molecule has 1 atom stereocenters. The number of halogens is 4. The quantitative estimate of drug-likeness (QED) is 0.198. The van der Waals surface area contributed by atoms with Crippen molar-refractivity contribution in [3.63, 3.8) is 0 Å². The number of hydrogen-bond donors (Lipinski definition) is 1. The van der Waals surface area contributed by atoms with E-state index >= 15 is 0 Å². The lowest BCUT2D eigenvalue weighted by atomic mass is 9.95. The third kappa shape index (κ3) is 6.43. The van der Waals surface area contributed by atoms with E-state index in [1.54, 1.807) is 29.2 Å². The Bertz CT molecular complexity index is 1720. The van der Waals surface area contributed by atoms with Crippen LogP contribution >= 0.6 is 0 Å². The molecule has 2 aromatic heterocycles. The number of furan rings is 1. The molecular weight excluding hydrogens is 582 g/mol. The Balaban J connectivity index is 1.62. The molecule has 0 saturated carbocycles. The largest absolute Gasteiger partial charge is 0.469 e. The van der Waals surface area contributed by atoms with Gasteiger partial charge in [-0.3, -0.25) is 14.4 Å². The fourth-order valence-corrected chi connectivity index (χ4v) is 5.44. The Kier molecular flexibility index (Phi) is 8.70. The van der Waals surface area contributed by atoms with Crippen LogP contribution in [0.25, 0.3) is 33.6 Å². The molecule has 1 N–H and O–H groups in total. The van der Waals surface area contributed by atoms with Crippen molar-refractivity contribution < 1.29 is 41.1 Å². The van der Waals surface area contributed by atoms with Crippen LogP contribution < -0.4 is 5.32 Å². The molecule has 0 radical (unpaired) electrons. The first-order chi connectivity index (χ1) is 21.0. The molecule has 2 amide bonds. The number of nitrogens with zero attached hydrogens (tertiary/aromatic N) is 2. The normalized spacial score (nSPS) is 15.3. The number of piperidine rings is 1. The maximum absolute atomic E-state index is 13.6. The van der Waals surface area contributed by atoms with Gasteiger partial charge in [-0.2, -0.15) is 13.2 Å². The van der Waals surface area contributed by atoms with Gasteiger partial charge in [0.15, 0.2) is 0 Å². The van der Waals surface area contributed by atoms with Crippen molar-refractivity contribution in [1.82, 2.24) is 15.2 Å². The summed E-state index contributed by atoms with van der Waals surface area (Å²) in [6, 6.07) is 13.2. The fraction of sp³-hybridized carbons (Fsp3) is 0.312. The number of esters is 1. The summed E-state index contributed by atoms with van der Waals surface area (Å²) in [6.07, 6.45) is -4.89. The summed E-state index contributed by atoms with van der Waals surface area (Å²) in [7, 11) is 2.72. The van der Waals surface area contributed by atoms with E-state index in [1.807, 2.05) is 0 Å². The number of hydrogen-bond acceptors (Lipinski definition) is 6. The van der Waals surface area contributed by atoms with Gasteiger partial charge >= 0.3 is 12.1 Å². The SMILES string of the molecule is CNC(=O)c1c(-c2ccc(F)cc2)oc2nc(CCC(F)(F)F)c(-c3cccc(C(=O)N4CCCC(C(=O)OC)C4)c3)cc12. The van der Waals surface area contributed by atoms with E-state index in [0.717, 1.165) is 0 Å². The molecule has 3 heterocycles. The van der Waals surface area contributed by atoms with Crippen molar-refractivity contribution in [2.75, 3.05) is 27.2 Å². The van der Waals surface area contributed by atoms with Crippen molar-refractivity contribution in [3.05, 3.63) is 77.2 Å². The molecule has 2 aromatic carbocycles. The number of aromatic nitrogens is 1. The van der Waals surface area contributed by atoms with Gasteiger partial charge in [-0.25, -0.2) is 9.37 Å². The molecule has 1 fully saturated rings. The van der Waals surface area contributed by atoms with Crippen LogP contribution in [0.5, 0.6) is 0 Å². The zero-order chi connectivity index (χ0) is 31.6. The number of carbonyl (C=O) groups excluding carboxylic acids is 3. The molecule has 0 spiro atoms. The first-order valence-electron chi connectivity index (χ1n) is 14.0. The lowest BCUT2D eigenvalue weighted by Gasteiger charge is -2.31. The number of methoxy groups -OCH3 is 1. The minimum atomic E-state index is -4.47. The Morgan fingerprint density at radius 3 is 2.52 bits per heavy atom.